The maximum absolute atomic E-state index is 11.6. The lowest BCUT2D eigenvalue weighted by Crippen LogP contribution is -2.50. The van der Waals surface area contributed by atoms with Crippen LogP contribution in [0.4, 0.5) is 0 Å². The molecule has 1 unspecified atom stereocenters. The molecule has 96 valence electrons. The van der Waals surface area contributed by atoms with E-state index in [9.17, 15) is 19.2 Å². The van der Waals surface area contributed by atoms with Gasteiger partial charge in [-0.3, -0.25) is 14.4 Å². The summed E-state index contributed by atoms with van der Waals surface area (Å²) in [6.07, 6.45) is 0.253. The summed E-state index contributed by atoms with van der Waals surface area (Å²) in [6, 6.07) is -1.88. The molecule has 2 amide bonds. The van der Waals surface area contributed by atoms with Crippen LogP contribution in [0.15, 0.2) is 0 Å². The standard InChI is InChI=1S/C10H16N2O5/c1-6(2)9(11-5-14)10(17)12-7(4-13)3-8(15)16/h4-7,9H,3H2,1-2H3,(H,11,14)(H,12,17)(H,15,16)/t7?,9-/m0/s1. The number of rotatable bonds is 8. The maximum Gasteiger partial charge on any atom is 0.305 e. The molecule has 0 aliphatic heterocycles. The third-order valence-corrected chi connectivity index (χ3v) is 2.08. The number of aldehydes is 1. The second kappa shape index (κ2) is 7.37. The van der Waals surface area contributed by atoms with Gasteiger partial charge in [-0.05, 0) is 5.92 Å². The number of carbonyl (C=O) groups excluding carboxylic acids is 3. The lowest BCUT2D eigenvalue weighted by Gasteiger charge is -2.21. The van der Waals surface area contributed by atoms with Crippen molar-refractivity contribution in [3.8, 4) is 0 Å². The van der Waals surface area contributed by atoms with Gasteiger partial charge in [0.25, 0.3) is 0 Å². The summed E-state index contributed by atoms with van der Waals surface area (Å²) in [4.78, 5) is 42.9. The summed E-state index contributed by atoms with van der Waals surface area (Å²) in [5, 5.41) is 13.1. The minimum absolute atomic E-state index is 0.169. The van der Waals surface area contributed by atoms with E-state index in [0.29, 0.717) is 12.7 Å². The SMILES string of the molecule is CC(C)[C@H](NC=O)C(=O)NC(C=O)CC(=O)O. The van der Waals surface area contributed by atoms with Crippen LogP contribution in [0.2, 0.25) is 0 Å². The first-order valence-corrected chi connectivity index (χ1v) is 5.09. The second-order valence-electron chi connectivity index (χ2n) is 3.86. The molecule has 0 saturated heterocycles. The molecule has 0 fully saturated rings. The summed E-state index contributed by atoms with van der Waals surface area (Å²) >= 11 is 0. The van der Waals surface area contributed by atoms with Crippen LogP contribution in [-0.4, -0.2) is 41.8 Å². The van der Waals surface area contributed by atoms with Gasteiger partial charge in [-0.25, -0.2) is 0 Å². The Morgan fingerprint density at radius 3 is 2.24 bits per heavy atom. The van der Waals surface area contributed by atoms with E-state index < -0.39 is 30.4 Å². The zero-order chi connectivity index (χ0) is 13.4. The third-order valence-electron chi connectivity index (χ3n) is 2.08. The molecule has 7 nitrogen and oxygen atoms in total. The molecule has 0 rings (SSSR count). The fourth-order valence-electron chi connectivity index (χ4n) is 1.24. The first kappa shape index (κ1) is 15.1. The van der Waals surface area contributed by atoms with Crippen LogP contribution in [0.5, 0.6) is 0 Å². The van der Waals surface area contributed by atoms with E-state index in [4.69, 9.17) is 5.11 Å². The molecule has 7 heteroatoms. The Morgan fingerprint density at radius 2 is 1.88 bits per heavy atom. The molecule has 0 aromatic heterocycles. The number of carbonyl (C=O) groups is 4. The predicted molar refractivity (Wildman–Crippen MR) is 58.1 cm³/mol. The molecule has 0 aromatic rings. The van der Waals surface area contributed by atoms with Crippen molar-refractivity contribution in [3.63, 3.8) is 0 Å². The van der Waals surface area contributed by atoms with Crippen molar-refractivity contribution in [3.05, 3.63) is 0 Å². The molecule has 0 spiro atoms. The smallest absolute Gasteiger partial charge is 0.305 e. The van der Waals surface area contributed by atoms with Crippen LogP contribution < -0.4 is 10.6 Å². The van der Waals surface area contributed by atoms with Gasteiger partial charge in [0.05, 0.1) is 12.5 Å². The van der Waals surface area contributed by atoms with E-state index in [1.54, 1.807) is 13.8 Å². The largest absolute Gasteiger partial charge is 0.481 e. The predicted octanol–water partition coefficient (Wildman–Crippen LogP) is -1.08. The second-order valence-corrected chi connectivity index (χ2v) is 3.86. The molecule has 0 aliphatic rings. The zero-order valence-electron chi connectivity index (χ0n) is 9.67. The topological polar surface area (TPSA) is 113 Å². The van der Waals surface area contributed by atoms with Crippen molar-refractivity contribution in [2.75, 3.05) is 0 Å². The van der Waals surface area contributed by atoms with Crippen molar-refractivity contribution in [2.24, 2.45) is 5.92 Å². The monoisotopic (exact) mass is 244 g/mol. The minimum Gasteiger partial charge on any atom is -0.481 e. The van der Waals surface area contributed by atoms with E-state index in [1.807, 2.05) is 0 Å². The van der Waals surface area contributed by atoms with E-state index in [-0.39, 0.29) is 5.92 Å². The lowest BCUT2D eigenvalue weighted by atomic mass is 10.0. The normalized spacial score (nSPS) is 13.6. The van der Waals surface area contributed by atoms with Gasteiger partial charge >= 0.3 is 5.97 Å². The van der Waals surface area contributed by atoms with E-state index in [0.717, 1.165) is 0 Å². The Morgan fingerprint density at radius 1 is 1.29 bits per heavy atom. The molecule has 0 aliphatic carbocycles. The van der Waals surface area contributed by atoms with Crippen molar-refractivity contribution in [2.45, 2.75) is 32.4 Å². The number of hydrogen-bond donors (Lipinski definition) is 3. The molecule has 0 bridgehead atoms. The maximum atomic E-state index is 11.6. The average Bonchev–Trinajstić information content (AvgIpc) is 2.23. The van der Waals surface area contributed by atoms with Crippen LogP contribution in [0.25, 0.3) is 0 Å². The highest BCUT2D eigenvalue weighted by atomic mass is 16.4. The van der Waals surface area contributed by atoms with Crippen LogP contribution in [0.3, 0.4) is 0 Å². The summed E-state index contributed by atoms with van der Waals surface area (Å²) in [7, 11) is 0. The molecule has 0 heterocycles. The molecule has 17 heavy (non-hydrogen) atoms. The summed E-state index contributed by atoms with van der Waals surface area (Å²) < 4.78 is 0. The summed E-state index contributed by atoms with van der Waals surface area (Å²) in [5.41, 5.74) is 0. The molecular formula is C10H16N2O5. The number of aliphatic carboxylic acids is 1. The van der Waals surface area contributed by atoms with Crippen LogP contribution in [0.1, 0.15) is 20.3 Å². The van der Waals surface area contributed by atoms with Gasteiger partial charge in [0.15, 0.2) is 0 Å². The fraction of sp³-hybridized carbons (Fsp3) is 0.600. The zero-order valence-corrected chi connectivity index (χ0v) is 9.67. The first-order chi connectivity index (χ1) is 7.92. The Bertz CT molecular complexity index is 303. The average molecular weight is 244 g/mol. The lowest BCUT2D eigenvalue weighted by molar-refractivity contribution is -0.139. The molecule has 0 saturated carbocycles. The molecular weight excluding hydrogens is 228 g/mol. The third kappa shape index (κ3) is 5.64. The van der Waals surface area contributed by atoms with Gasteiger partial charge in [0.1, 0.15) is 12.3 Å². The van der Waals surface area contributed by atoms with Crippen molar-refractivity contribution in [1.29, 1.82) is 0 Å². The Kier molecular flexibility index (Phi) is 6.54. The first-order valence-electron chi connectivity index (χ1n) is 5.09. The van der Waals surface area contributed by atoms with Gasteiger partial charge in [0.2, 0.25) is 12.3 Å². The summed E-state index contributed by atoms with van der Waals surface area (Å²) in [5.74, 6) is -1.94. The van der Waals surface area contributed by atoms with E-state index in [1.165, 1.54) is 0 Å². The van der Waals surface area contributed by atoms with Crippen molar-refractivity contribution >= 4 is 24.6 Å². The molecule has 3 N–H and O–H groups in total. The van der Waals surface area contributed by atoms with Gasteiger partial charge < -0.3 is 20.5 Å². The highest BCUT2D eigenvalue weighted by Crippen LogP contribution is 2.02. The molecule has 0 radical (unpaired) electrons. The number of carboxylic acids is 1. The Balaban J connectivity index is 4.50. The van der Waals surface area contributed by atoms with Gasteiger partial charge in [-0.1, -0.05) is 13.8 Å². The van der Waals surface area contributed by atoms with Crippen LogP contribution >= 0.6 is 0 Å². The quantitative estimate of drug-likeness (QED) is 0.470. The van der Waals surface area contributed by atoms with Crippen molar-refractivity contribution in [1.82, 2.24) is 10.6 Å². The van der Waals surface area contributed by atoms with Gasteiger partial charge in [-0.15, -0.1) is 0 Å². The number of carboxylic acid groups (broad SMARTS) is 1. The van der Waals surface area contributed by atoms with E-state index in [2.05, 4.69) is 10.6 Å². The van der Waals surface area contributed by atoms with Gasteiger partial charge in [0, 0.05) is 0 Å². The fourth-order valence-corrected chi connectivity index (χ4v) is 1.24. The van der Waals surface area contributed by atoms with Crippen molar-refractivity contribution < 1.29 is 24.3 Å². The number of hydrogen-bond acceptors (Lipinski definition) is 4. The Labute approximate surface area is 98.6 Å². The Hall–Kier alpha value is -1.92. The molecule has 2 atom stereocenters. The van der Waals surface area contributed by atoms with Gasteiger partial charge in [-0.2, -0.15) is 0 Å². The number of nitrogens with one attached hydrogen (secondary N) is 2. The molecule has 0 aromatic carbocycles. The summed E-state index contributed by atoms with van der Waals surface area (Å²) in [6.45, 7) is 3.43. The minimum atomic E-state index is -1.19. The highest BCUT2D eigenvalue weighted by Gasteiger charge is 2.24. The number of amides is 2. The highest BCUT2D eigenvalue weighted by molar-refractivity contribution is 5.87. The van der Waals surface area contributed by atoms with Crippen LogP contribution in [0, 0.1) is 5.92 Å². The van der Waals surface area contributed by atoms with E-state index >= 15 is 0 Å². The van der Waals surface area contributed by atoms with Crippen LogP contribution in [-0.2, 0) is 19.2 Å².